The molecule has 0 aromatic heterocycles. The van der Waals surface area contributed by atoms with E-state index in [1.807, 2.05) is 0 Å². The zero-order chi connectivity index (χ0) is 18.2. The summed E-state index contributed by atoms with van der Waals surface area (Å²) in [6, 6.07) is 6.00. The van der Waals surface area contributed by atoms with Gasteiger partial charge in [0.1, 0.15) is 11.5 Å². The minimum absolute atomic E-state index is 0.00830. The van der Waals surface area contributed by atoms with Crippen LogP contribution in [0.25, 0.3) is 0 Å². The maximum atomic E-state index is 13.7. The lowest BCUT2D eigenvalue weighted by molar-refractivity contribution is -0.288. The Morgan fingerprint density at radius 1 is 0.708 bits per heavy atom. The summed E-state index contributed by atoms with van der Waals surface area (Å²) in [6.07, 6.45) is -11.4. The molecule has 0 saturated heterocycles. The fourth-order valence-electron chi connectivity index (χ4n) is 2.46. The molecular formula is C15H10F6O2S. The monoisotopic (exact) mass is 368 g/mol. The SMILES string of the molecule is Oc1ccc(C(c2ccc(OS)cc2)(C(F)(F)F)C(F)(F)F)cc1. The molecule has 2 nitrogen and oxygen atoms in total. The van der Waals surface area contributed by atoms with Gasteiger partial charge in [-0.1, -0.05) is 24.3 Å². The van der Waals surface area contributed by atoms with Crippen LogP contribution in [0.2, 0.25) is 0 Å². The first kappa shape index (κ1) is 18.3. The van der Waals surface area contributed by atoms with Crippen LogP contribution in [0.1, 0.15) is 11.1 Å². The van der Waals surface area contributed by atoms with Gasteiger partial charge in [0.05, 0.1) is 0 Å². The van der Waals surface area contributed by atoms with Gasteiger partial charge < -0.3 is 9.29 Å². The number of hydrogen-bond acceptors (Lipinski definition) is 3. The van der Waals surface area contributed by atoms with Crippen LogP contribution in [-0.4, -0.2) is 17.5 Å². The van der Waals surface area contributed by atoms with Crippen LogP contribution < -0.4 is 4.18 Å². The van der Waals surface area contributed by atoms with Crippen LogP contribution in [0.3, 0.4) is 0 Å². The predicted octanol–water partition coefficient (Wildman–Crippen LogP) is 5.03. The van der Waals surface area contributed by atoms with Gasteiger partial charge in [0.15, 0.2) is 0 Å². The number of hydrogen-bond donors (Lipinski definition) is 2. The number of rotatable bonds is 3. The maximum absolute atomic E-state index is 13.7. The molecule has 0 bridgehead atoms. The van der Waals surface area contributed by atoms with Crippen LogP contribution in [-0.2, 0) is 5.41 Å². The van der Waals surface area contributed by atoms with Crippen molar-refractivity contribution < 1.29 is 35.6 Å². The zero-order valence-electron chi connectivity index (χ0n) is 11.7. The number of alkyl halides is 6. The Morgan fingerprint density at radius 3 is 1.42 bits per heavy atom. The second kappa shape index (κ2) is 6.12. The molecular weight excluding hydrogens is 358 g/mol. The van der Waals surface area contributed by atoms with E-state index in [1.54, 1.807) is 0 Å². The van der Waals surface area contributed by atoms with Crippen LogP contribution in [0, 0.1) is 0 Å². The molecule has 0 fully saturated rings. The summed E-state index contributed by atoms with van der Waals surface area (Å²) in [6.45, 7) is 0. The van der Waals surface area contributed by atoms with Gasteiger partial charge in [0.25, 0.3) is 0 Å². The van der Waals surface area contributed by atoms with E-state index in [0.29, 0.717) is 24.3 Å². The summed E-state index contributed by atoms with van der Waals surface area (Å²) in [5.74, 6) is -0.457. The number of phenols is 1. The average Bonchev–Trinajstić information content (AvgIpc) is 2.47. The van der Waals surface area contributed by atoms with Crippen LogP contribution in [0.15, 0.2) is 48.5 Å². The highest BCUT2D eigenvalue weighted by Crippen LogP contribution is 2.56. The summed E-state index contributed by atoms with van der Waals surface area (Å²) in [4.78, 5) is 0. The van der Waals surface area contributed by atoms with Crippen molar-refractivity contribution in [3.8, 4) is 11.5 Å². The summed E-state index contributed by atoms with van der Waals surface area (Å²) in [5, 5.41) is 9.18. The minimum atomic E-state index is -5.68. The molecule has 9 heteroatoms. The summed E-state index contributed by atoms with van der Waals surface area (Å²) >= 11 is 3.44. The van der Waals surface area contributed by atoms with Gasteiger partial charge in [-0.2, -0.15) is 26.3 Å². The molecule has 0 aliphatic heterocycles. The van der Waals surface area contributed by atoms with Crippen LogP contribution >= 0.6 is 12.9 Å². The van der Waals surface area contributed by atoms with E-state index in [0.717, 1.165) is 24.3 Å². The second-order valence-electron chi connectivity index (χ2n) is 4.91. The summed E-state index contributed by atoms with van der Waals surface area (Å²) < 4.78 is 86.7. The molecule has 0 amide bonds. The molecule has 130 valence electrons. The molecule has 0 heterocycles. The second-order valence-corrected chi connectivity index (χ2v) is 5.09. The van der Waals surface area contributed by atoms with Gasteiger partial charge in [-0.3, -0.25) is 0 Å². The van der Waals surface area contributed by atoms with Crippen LogP contribution in [0.5, 0.6) is 11.5 Å². The van der Waals surface area contributed by atoms with Crippen molar-refractivity contribution in [1.82, 2.24) is 0 Å². The van der Waals surface area contributed by atoms with E-state index in [-0.39, 0.29) is 5.75 Å². The van der Waals surface area contributed by atoms with E-state index in [9.17, 15) is 31.4 Å². The van der Waals surface area contributed by atoms with E-state index in [4.69, 9.17) is 0 Å². The number of phenolic OH excluding ortho intramolecular Hbond substituents is 1. The Bertz CT molecular complexity index is 678. The standard InChI is InChI=1S/C15H10F6O2S/c16-14(17,18)13(15(19,20)21,9-1-5-11(22)6-2-9)10-3-7-12(23-24)8-4-10/h1-8,22,24H. The molecule has 24 heavy (non-hydrogen) atoms. The zero-order valence-corrected chi connectivity index (χ0v) is 12.6. The van der Waals surface area contributed by atoms with Gasteiger partial charge in [-0.05, 0) is 35.4 Å². The van der Waals surface area contributed by atoms with Gasteiger partial charge in [-0.15, -0.1) is 0 Å². The van der Waals surface area contributed by atoms with E-state index < -0.39 is 34.6 Å². The fourth-order valence-corrected chi connectivity index (χ4v) is 2.58. The first-order valence-corrected chi connectivity index (χ1v) is 6.75. The first-order valence-electron chi connectivity index (χ1n) is 6.39. The van der Waals surface area contributed by atoms with Crippen LogP contribution in [0.4, 0.5) is 26.3 Å². The Hall–Kier alpha value is -2.03. The van der Waals surface area contributed by atoms with Gasteiger partial charge >= 0.3 is 12.4 Å². The van der Waals surface area contributed by atoms with Gasteiger partial charge in [-0.25, -0.2) is 0 Å². The quantitative estimate of drug-likeness (QED) is 0.452. The Morgan fingerprint density at radius 2 is 1.08 bits per heavy atom. The highest BCUT2D eigenvalue weighted by molar-refractivity contribution is 7.75. The minimum Gasteiger partial charge on any atom is -0.508 e. The van der Waals surface area contributed by atoms with Gasteiger partial charge in [0, 0.05) is 12.9 Å². The van der Waals surface area contributed by atoms with Crippen molar-refractivity contribution in [3.63, 3.8) is 0 Å². The molecule has 1 N–H and O–H groups in total. The predicted molar refractivity (Wildman–Crippen MR) is 77.1 cm³/mol. The molecule has 0 aliphatic carbocycles. The number of halogens is 6. The normalized spacial score (nSPS) is 13.0. The third-order valence-corrected chi connectivity index (χ3v) is 3.75. The Labute approximate surface area is 138 Å². The molecule has 2 aromatic rings. The lowest BCUT2D eigenvalue weighted by Crippen LogP contribution is -2.54. The molecule has 0 saturated carbocycles. The number of thiol groups is 1. The van der Waals surface area contributed by atoms with E-state index >= 15 is 0 Å². The molecule has 0 spiro atoms. The fraction of sp³-hybridized carbons (Fsp3) is 0.200. The molecule has 0 radical (unpaired) electrons. The van der Waals surface area contributed by atoms with Crippen molar-refractivity contribution in [2.24, 2.45) is 0 Å². The molecule has 2 aromatic carbocycles. The lowest BCUT2D eigenvalue weighted by atomic mass is 9.73. The number of benzene rings is 2. The first-order chi connectivity index (χ1) is 11.0. The van der Waals surface area contributed by atoms with Crippen molar-refractivity contribution >= 4 is 12.9 Å². The topological polar surface area (TPSA) is 29.5 Å². The molecule has 0 unspecified atom stereocenters. The average molecular weight is 368 g/mol. The largest absolute Gasteiger partial charge is 0.508 e. The van der Waals surface area contributed by atoms with Crippen molar-refractivity contribution in [2.75, 3.05) is 0 Å². The maximum Gasteiger partial charge on any atom is 0.411 e. The smallest absolute Gasteiger partial charge is 0.411 e. The van der Waals surface area contributed by atoms with E-state index in [1.165, 1.54) is 0 Å². The molecule has 0 atom stereocenters. The molecule has 0 aliphatic rings. The molecule has 2 rings (SSSR count). The van der Waals surface area contributed by atoms with Gasteiger partial charge in [0.2, 0.25) is 5.41 Å². The highest BCUT2D eigenvalue weighted by Gasteiger charge is 2.72. The summed E-state index contributed by atoms with van der Waals surface area (Å²) in [5.41, 5.74) is -6.33. The lowest BCUT2D eigenvalue weighted by Gasteiger charge is -2.38. The van der Waals surface area contributed by atoms with Crippen molar-refractivity contribution in [3.05, 3.63) is 59.7 Å². The highest BCUT2D eigenvalue weighted by atomic mass is 32.1. The van der Waals surface area contributed by atoms with Crippen molar-refractivity contribution in [1.29, 1.82) is 0 Å². The number of aromatic hydroxyl groups is 1. The Kier molecular flexibility index (Phi) is 4.67. The van der Waals surface area contributed by atoms with E-state index in [2.05, 4.69) is 17.1 Å². The Balaban J connectivity index is 2.83. The summed E-state index contributed by atoms with van der Waals surface area (Å²) in [7, 11) is 0. The third-order valence-electron chi connectivity index (χ3n) is 3.54. The van der Waals surface area contributed by atoms with Crippen molar-refractivity contribution in [2.45, 2.75) is 17.8 Å². The third kappa shape index (κ3) is 2.88.